The van der Waals surface area contributed by atoms with Crippen LogP contribution in [0.5, 0.6) is 0 Å². The molecule has 0 saturated heterocycles. The average Bonchev–Trinajstić information content (AvgIpc) is 2.35. The molecule has 0 bridgehead atoms. The minimum absolute atomic E-state index is 0.305. The lowest BCUT2D eigenvalue weighted by Crippen LogP contribution is -2.35. The fraction of sp³-hybridized carbons (Fsp3) is 1.00. The predicted octanol–water partition coefficient (Wildman–Crippen LogP) is 7.28. The van der Waals surface area contributed by atoms with E-state index in [0.29, 0.717) is 18.3 Å². The van der Waals surface area contributed by atoms with Crippen LogP contribution in [0.4, 0.5) is 13.2 Å². The Bertz CT molecular complexity index is 273. The normalized spacial score (nSPS) is 26.0. The maximum absolute atomic E-state index is 13.3. The number of hydrogen-bond donors (Lipinski definition) is 0. The largest absolute Gasteiger partial charge is 0.394 e. The molecular formula is C18H33F3. The van der Waals surface area contributed by atoms with Crippen LogP contribution in [0.1, 0.15) is 97.8 Å². The van der Waals surface area contributed by atoms with Crippen LogP contribution in [0.2, 0.25) is 0 Å². The van der Waals surface area contributed by atoms with Gasteiger partial charge >= 0.3 is 6.18 Å². The van der Waals surface area contributed by atoms with Gasteiger partial charge in [-0.25, -0.2) is 0 Å². The van der Waals surface area contributed by atoms with Crippen LogP contribution in [0.3, 0.4) is 0 Å². The molecule has 0 amide bonds. The number of rotatable bonds is 0. The minimum atomic E-state index is -4.05. The molecule has 1 rings (SSSR count). The summed E-state index contributed by atoms with van der Waals surface area (Å²) in [5.74, 6) is 0. The van der Waals surface area contributed by atoms with Crippen molar-refractivity contribution in [2.45, 2.75) is 104 Å². The fourth-order valence-electron chi connectivity index (χ4n) is 3.48. The SMILES string of the molecule is CC1(C)CCCCCCC(C)(C(F)(F)F)CCCCCC1. The van der Waals surface area contributed by atoms with E-state index < -0.39 is 11.6 Å². The first-order valence-electron chi connectivity index (χ1n) is 8.73. The summed E-state index contributed by atoms with van der Waals surface area (Å²) in [5, 5.41) is 0. The van der Waals surface area contributed by atoms with Gasteiger partial charge < -0.3 is 0 Å². The molecule has 0 aromatic heterocycles. The molecule has 0 unspecified atom stereocenters. The highest BCUT2D eigenvalue weighted by atomic mass is 19.4. The van der Waals surface area contributed by atoms with Crippen LogP contribution in [0.25, 0.3) is 0 Å². The van der Waals surface area contributed by atoms with Gasteiger partial charge in [0.15, 0.2) is 0 Å². The highest BCUT2D eigenvalue weighted by Gasteiger charge is 2.49. The summed E-state index contributed by atoms with van der Waals surface area (Å²) < 4.78 is 39.9. The summed E-state index contributed by atoms with van der Waals surface area (Å²) in [6.07, 6.45) is 6.80. The minimum Gasteiger partial charge on any atom is -0.171 e. The Morgan fingerprint density at radius 1 is 0.571 bits per heavy atom. The van der Waals surface area contributed by atoms with E-state index in [4.69, 9.17) is 0 Å². The van der Waals surface area contributed by atoms with Gasteiger partial charge in [0.05, 0.1) is 5.41 Å². The Kier molecular flexibility index (Phi) is 7.06. The lowest BCUT2D eigenvalue weighted by molar-refractivity contribution is -0.223. The van der Waals surface area contributed by atoms with Crippen molar-refractivity contribution in [3.8, 4) is 0 Å². The van der Waals surface area contributed by atoms with Crippen molar-refractivity contribution in [3.05, 3.63) is 0 Å². The zero-order valence-corrected chi connectivity index (χ0v) is 14.1. The molecule has 0 aromatic carbocycles. The van der Waals surface area contributed by atoms with E-state index in [2.05, 4.69) is 13.8 Å². The molecule has 0 atom stereocenters. The van der Waals surface area contributed by atoms with Gasteiger partial charge in [0, 0.05) is 0 Å². The third kappa shape index (κ3) is 6.61. The summed E-state index contributed by atoms with van der Waals surface area (Å²) in [6.45, 7) is 6.10. The van der Waals surface area contributed by atoms with Crippen LogP contribution >= 0.6 is 0 Å². The van der Waals surface area contributed by atoms with Crippen molar-refractivity contribution >= 4 is 0 Å². The van der Waals surface area contributed by atoms with Crippen LogP contribution in [0.15, 0.2) is 0 Å². The molecule has 1 fully saturated rings. The van der Waals surface area contributed by atoms with E-state index in [-0.39, 0.29) is 0 Å². The zero-order valence-electron chi connectivity index (χ0n) is 14.1. The van der Waals surface area contributed by atoms with Crippen LogP contribution in [0, 0.1) is 10.8 Å². The molecular weight excluding hydrogens is 273 g/mol. The molecule has 0 N–H and O–H groups in total. The highest BCUT2D eigenvalue weighted by Crippen LogP contribution is 2.46. The maximum Gasteiger partial charge on any atom is 0.394 e. The smallest absolute Gasteiger partial charge is 0.171 e. The number of hydrogen-bond acceptors (Lipinski definition) is 0. The van der Waals surface area contributed by atoms with E-state index in [0.717, 1.165) is 51.4 Å². The van der Waals surface area contributed by atoms with Gasteiger partial charge in [-0.05, 0) is 31.1 Å². The summed E-state index contributed by atoms with van der Waals surface area (Å²) in [6, 6.07) is 0. The van der Waals surface area contributed by atoms with Crippen LogP contribution in [-0.2, 0) is 0 Å². The van der Waals surface area contributed by atoms with Gasteiger partial charge in [0.1, 0.15) is 0 Å². The van der Waals surface area contributed by atoms with Crippen molar-refractivity contribution in [2.24, 2.45) is 10.8 Å². The monoisotopic (exact) mass is 306 g/mol. The third-order valence-corrected chi connectivity index (χ3v) is 5.35. The Morgan fingerprint density at radius 3 is 1.24 bits per heavy atom. The van der Waals surface area contributed by atoms with Crippen molar-refractivity contribution in [1.82, 2.24) is 0 Å². The van der Waals surface area contributed by atoms with E-state index in [1.54, 1.807) is 0 Å². The Labute approximate surface area is 128 Å². The molecule has 0 aromatic rings. The second-order valence-electron chi connectivity index (χ2n) is 8.05. The van der Waals surface area contributed by atoms with Gasteiger partial charge in [-0.15, -0.1) is 0 Å². The first-order valence-corrected chi connectivity index (χ1v) is 8.73. The molecule has 0 heterocycles. The maximum atomic E-state index is 13.3. The van der Waals surface area contributed by atoms with Gasteiger partial charge in [-0.3, -0.25) is 0 Å². The van der Waals surface area contributed by atoms with Crippen LogP contribution in [-0.4, -0.2) is 6.18 Å². The summed E-state index contributed by atoms with van der Waals surface area (Å²) in [5.41, 5.74) is -1.05. The molecule has 126 valence electrons. The molecule has 0 aliphatic heterocycles. The Hall–Kier alpha value is -0.210. The van der Waals surface area contributed by atoms with E-state index in [1.165, 1.54) is 19.8 Å². The lowest BCUT2D eigenvalue weighted by atomic mass is 9.77. The lowest BCUT2D eigenvalue weighted by Gasteiger charge is -2.32. The number of halogens is 3. The topological polar surface area (TPSA) is 0 Å². The molecule has 1 aliphatic carbocycles. The Balaban J connectivity index is 2.57. The molecule has 21 heavy (non-hydrogen) atoms. The second kappa shape index (κ2) is 7.87. The molecule has 1 aliphatic rings. The average molecular weight is 306 g/mol. The zero-order chi connectivity index (χ0) is 16.0. The van der Waals surface area contributed by atoms with Gasteiger partial charge in [-0.2, -0.15) is 13.2 Å². The van der Waals surface area contributed by atoms with Gasteiger partial charge in [0.25, 0.3) is 0 Å². The summed E-state index contributed by atoms with van der Waals surface area (Å²) in [4.78, 5) is 0. The van der Waals surface area contributed by atoms with Crippen molar-refractivity contribution in [1.29, 1.82) is 0 Å². The second-order valence-corrected chi connectivity index (χ2v) is 8.05. The first kappa shape index (κ1) is 18.8. The van der Waals surface area contributed by atoms with Crippen molar-refractivity contribution in [3.63, 3.8) is 0 Å². The molecule has 1 saturated carbocycles. The third-order valence-electron chi connectivity index (χ3n) is 5.35. The van der Waals surface area contributed by atoms with Gasteiger partial charge in [0.2, 0.25) is 0 Å². The van der Waals surface area contributed by atoms with Gasteiger partial charge in [-0.1, -0.05) is 72.1 Å². The van der Waals surface area contributed by atoms with E-state index >= 15 is 0 Å². The molecule has 0 radical (unpaired) electrons. The fourth-order valence-corrected chi connectivity index (χ4v) is 3.48. The predicted molar refractivity (Wildman–Crippen MR) is 83.3 cm³/mol. The van der Waals surface area contributed by atoms with Crippen LogP contribution < -0.4 is 0 Å². The van der Waals surface area contributed by atoms with E-state index in [1.807, 2.05) is 0 Å². The highest BCUT2D eigenvalue weighted by molar-refractivity contribution is 4.82. The quantitative estimate of drug-likeness (QED) is 0.441. The molecule has 3 heteroatoms. The van der Waals surface area contributed by atoms with E-state index in [9.17, 15) is 13.2 Å². The van der Waals surface area contributed by atoms with Crippen molar-refractivity contribution < 1.29 is 13.2 Å². The Morgan fingerprint density at radius 2 is 0.905 bits per heavy atom. The number of alkyl halides is 3. The molecule has 0 nitrogen and oxygen atoms in total. The first-order chi connectivity index (χ1) is 9.66. The standard InChI is InChI=1S/C18H33F3/c1-16(2)12-8-4-6-10-14-17(3,18(19,20)21)15-11-7-5-9-13-16/h4-15H2,1-3H3. The molecule has 0 spiro atoms. The summed E-state index contributed by atoms with van der Waals surface area (Å²) >= 11 is 0. The van der Waals surface area contributed by atoms with Crippen molar-refractivity contribution in [2.75, 3.05) is 0 Å². The summed E-state index contributed by atoms with van der Waals surface area (Å²) in [7, 11) is 0.